The standard InChI is InChI=1S/C24H20N4O4/c1-14(2)28-23(31)17-10-9-15(12-18(17)24(28)32)21(29)26-19-7-3-4-8-20(19)27-22(30)16-6-5-11-25-13-16/h3-14H,1-2H3,(H,26,29)(H,27,30). The summed E-state index contributed by atoms with van der Waals surface area (Å²) in [7, 11) is 0. The normalized spacial score (nSPS) is 12.7. The van der Waals surface area contributed by atoms with Crippen LogP contribution in [0.25, 0.3) is 0 Å². The predicted octanol–water partition coefficient (Wildman–Crippen LogP) is 3.59. The van der Waals surface area contributed by atoms with Crippen LogP contribution >= 0.6 is 0 Å². The molecule has 2 heterocycles. The van der Waals surface area contributed by atoms with Crippen LogP contribution in [0.2, 0.25) is 0 Å². The fourth-order valence-electron chi connectivity index (χ4n) is 3.46. The maximum absolute atomic E-state index is 12.9. The molecule has 0 bridgehead atoms. The van der Waals surface area contributed by atoms with Crippen LogP contribution in [-0.2, 0) is 0 Å². The molecule has 4 rings (SSSR count). The number of amides is 4. The number of carbonyl (C=O) groups is 4. The van der Waals surface area contributed by atoms with E-state index in [0.29, 0.717) is 16.9 Å². The molecule has 3 aromatic rings. The van der Waals surface area contributed by atoms with E-state index >= 15 is 0 Å². The lowest BCUT2D eigenvalue weighted by Gasteiger charge is -2.17. The molecule has 0 unspecified atom stereocenters. The molecule has 2 N–H and O–H groups in total. The predicted molar refractivity (Wildman–Crippen MR) is 119 cm³/mol. The fourth-order valence-corrected chi connectivity index (χ4v) is 3.46. The lowest BCUT2D eigenvalue weighted by atomic mass is 10.1. The minimum absolute atomic E-state index is 0.203. The maximum atomic E-state index is 12.9. The van der Waals surface area contributed by atoms with Gasteiger partial charge in [0.05, 0.1) is 28.1 Å². The zero-order valence-corrected chi connectivity index (χ0v) is 17.5. The summed E-state index contributed by atoms with van der Waals surface area (Å²) in [5.74, 6) is -1.62. The molecular weight excluding hydrogens is 408 g/mol. The van der Waals surface area contributed by atoms with Crippen molar-refractivity contribution >= 4 is 35.0 Å². The van der Waals surface area contributed by atoms with Gasteiger partial charge in [-0.15, -0.1) is 0 Å². The minimum Gasteiger partial charge on any atom is -0.320 e. The van der Waals surface area contributed by atoms with Crippen molar-refractivity contribution < 1.29 is 19.2 Å². The van der Waals surface area contributed by atoms with E-state index in [2.05, 4.69) is 15.6 Å². The molecule has 0 spiro atoms. The van der Waals surface area contributed by atoms with E-state index in [1.807, 2.05) is 0 Å². The van der Waals surface area contributed by atoms with E-state index in [1.165, 1.54) is 29.3 Å². The monoisotopic (exact) mass is 428 g/mol. The van der Waals surface area contributed by atoms with Gasteiger partial charge in [-0.25, -0.2) is 0 Å². The van der Waals surface area contributed by atoms with Gasteiger partial charge in [-0.3, -0.25) is 29.1 Å². The average molecular weight is 428 g/mol. The number of anilines is 2. The van der Waals surface area contributed by atoms with Gasteiger partial charge in [0, 0.05) is 24.0 Å². The second kappa shape index (κ2) is 8.43. The van der Waals surface area contributed by atoms with Gasteiger partial charge in [-0.1, -0.05) is 12.1 Å². The number of carbonyl (C=O) groups excluding carboxylic acids is 4. The highest BCUT2D eigenvalue weighted by Gasteiger charge is 2.37. The number of para-hydroxylation sites is 2. The van der Waals surface area contributed by atoms with Crippen molar-refractivity contribution in [3.63, 3.8) is 0 Å². The zero-order chi connectivity index (χ0) is 22.8. The second-order valence-electron chi connectivity index (χ2n) is 7.53. The number of hydrogen-bond acceptors (Lipinski definition) is 5. The first-order valence-corrected chi connectivity index (χ1v) is 10.0. The summed E-state index contributed by atoms with van der Waals surface area (Å²) in [5.41, 5.74) is 1.89. The van der Waals surface area contributed by atoms with Gasteiger partial charge in [0.25, 0.3) is 23.6 Å². The van der Waals surface area contributed by atoms with Crippen LogP contribution in [0.4, 0.5) is 11.4 Å². The topological polar surface area (TPSA) is 108 Å². The highest BCUT2D eigenvalue weighted by atomic mass is 16.2. The maximum Gasteiger partial charge on any atom is 0.261 e. The number of benzene rings is 2. The Kier molecular flexibility index (Phi) is 5.51. The Labute approximate surface area is 184 Å². The van der Waals surface area contributed by atoms with Gasteiger partial charge in [0.2, 0.25) is 0 Å². The molecule has 160 valence electrons. The Hall–Kier alpha value is -4.33. The third kappa shape index (κ3) is 3.85. The SMILES string of the molecule is CC(C)N1C(=O)c2ccc(C(=O)Nc3ccccc3NC(=O)c3cccnc3)cc2C1=O. The van der Waals surface area contributed by atoms with Gasteiger partial charge in [-0.2, -0.15) is 0 Å². The number of hydrogen-bond donors (Lipinski definition) is 2. The highest BCUT2D eigenvalue weighted by Crippen LogP contribution is 2.27. The average Bonchev–Trinajstić information content (AvgIpc) is 3.05. The van der Waals surface area contributed by atoms with E-state index < -0.39 is 11.8 Å². The summed E-state index contributed by atoms with van der Waals surface area (Å²) in [6, 6.07) is 14.2. The molecule has 2 aromatic carbocycles. The molecule has 32 heavy (non-hydrogen) atoms. The van der Waals surface area contributed by atoms with Crippen molar-refractivity contribution in [2.75, 3.05) is 10.6 Å². The number of rotatable bonds is 5. The van der Waals surface area contributed by atoms with E-state index in [1.54, 1.807) is 56.4 Å². The third-order valence-electron chi connectivity index (χ3n) is 5.04. The van der Waals surface area contributed by atoms with Gasteiger partial charge in [-0.05, 0) is 56.3 Å². The van der Waals surface area contributed by atoms with Crippen molar-refractivity contribution in [3.05, 3.63) is 89.2 Å². The summed E-state index contributed by atoms with van der Waals surface area (Å²) >= 11 is 0. The molecule has 0 saturated heterocycles. The Morgan fingerprint density at radius 2 is 1.44 bits per heavy atom. The molecule has 8 nitrogen and oxygen atoms in total. The molecule has 4 amide bonds. The first-order valence-electron chi connectivity index (χ1n) is 10.0. The van der Waals surface area contributed by atoms with Crippen LogP contribution in [0.1, 0.15) is 55.3 Å². The smallest absolute Gasteiger partial charge is 0.261 e. The summed E-state index contributed by atoms with van der Waals surface area (Å²) in [6.45, 7) is 3.51. The molecule has 8 heteroatoms. The van der Waals surface area contributed by atoms with Crippen LogP contribution in [0.3, 0.4) is 0 Å². The summed E-state index contributed by atoms with van der Waals surface area (Å²) < 4.78 is 0. The summed E-state index contributed by atoms with van der Waals surface area (Å²) in [4.78, 5) is 55.5. The molecule has 1 aliphatic heterocycles. The fraction of sp³-hybridized carbons (Fsp3) is 0.125. The molecule has 0 aliphatic carbocycles. The van der Waals surface area contributed by atoms with Crippen LogP contribution in [0.5, 0.6) is 0 Å². The first-order chi connectivity index (χ1) is 15.4. The van der Waals surface area contributed by atoms with E-state index in [4.69, 9.17) is 0 Å². The Bertz CT molecular complexity index is 1240. The summed E-state index contributed by atoms with van der Waals surface area (Å²) in [5, 5.41) is 5.51. The number of nitrogens with one attached hydrogen (secondary N) is 2. The highest BCUT2D eigenvalue weighted by molar-refractivity contribution is 6.22. The van der Waals surface area contributed by atoms with E-state index in [-0.39, 0.29) is 34.5 Å². The molecule has 0 radical (unpaired) electrons. The van der Waals surface area contributed by atoms with Crippen molar-refractivity contribution in [2.45, 2.75) is 19.9 Å². The van der Waals surface area contributed by atoms with Gasteiger partial charge in [0.1, 0.15) is 0 Å². The quantitative estimate of drug-likeness (QED) is 0.604. The number of fused-ring (bicyclic) bond motifs is 1. The minimum atomic E-state index is -0.473. The van der Waals surface area contributed by atoms with Crippen molar-refractivity contribution in [1.82, 2.24) is 9.88 Å². The second-order valence-corrected chi connectivity index (χ2v) is 7.53. The molecule has 0 fully saturated rings. The van der Waals surface area contributed by atoms with Crippen molar-refractivity contribution in [1.29, 1.82) is 0 Å². The van der Waals surface area contributed by atoms with Gasteiger partial charge < -0.3 is 10.6 Å². The molecule has 0 atom stereocenters. The van der Waals surface area contributed by atoms with E-state index in [0.717, 1.165) is 0 Å². The van der Waals surface area contributed by atoms with Gasteiger partial charge >= 0.3 is 0 Å². The molecular formula is C24H20N4O4. The lowest BCUT2D eigenvalue weighted by molar-refractivity contribution is 0.0608. The zero-order valence-electron chi connectivity index (χ0n) is 17.5. The first kappa shape index (κ1) is 20.9. The van der Waals surface area contributed by atoms with Crippen molar-refractivity contribution in [2.24, 2.45) is 0 Å². The van der Waals surface area contributed by atoms with Crippen molar-refractivity contribution in [3.8, 4) is 0 Å². The largest absolute Gasteiger partial charge is 0.320 e. The lowest BCUT2D eigenvalue weighted by Crippen LogP contribution is -2.35. The van der Waals surface area contributed by atoms with Crippen LogP contribution < -0.4 is 10.6 Å². The number of aromatic nitrogens is 1. The number of nitrogens with zero attached hydrogens (tertiary/aromatic N) is 2. The van der Waals surface area contributed by atoms with E-state index in [9.17, 15) is 19.2 Å². The molecule has 1 aliphatic rings. The third-order valence-corrected chi connectivity index (χ3v) is 5.04. The molecule has 0 saturated carbocycles. The molecule has 1 aromatic heterocycles. The Morgan fingerprint density at radius 1 is 0.812 bits per heavy atom. The number of imide groups is 1. The van der Waals surface area contributed by atoms with Gasteiger partial charge in [0.15, 0.2) is 0 Å². The Balaban J connectivity index is 1.56. The van der Waals surface area contributed by atoms with Crippen LogP contribution in [0, 0.1) is 0 Å². The summed E-state index contributed by atoms with van der Waals surface area (Å²) in [6.07, 6.45) is 3.01. The van der Waals surface area contributed by atoms with Crippen LogP contribution in [0.15, 0.2) is 67.0 Å². The van der Waals surface area contributed by atoms with Crippen LogP contribution in [-0.4, -0.2) is 39.6 Å². The Morgan fingerprint density at radius 3 is 2.03 bits per heavy atom. The number of pyridine rings is 1.